The second kappa shape index (κ2) is 11.1. The standard InChI is InChI=1S/C25H35N3O2/c1-20(18-22-6-4-5-7-24(22)30-3)19-25(29)26-23-10-8-21(9-11-23)12-13-28-16-14-27(2)15-17-28/h4-11,20H,12-19H2,1-3H3,(H,26,29). The molecule has 0 saturated carbocycles. The van der Waals surface area contributed by atoms with Crippen LogP contribution in [0.1, 0.15) is 24.5 Å². The molecule has 0 radical (unpaired) electrons. The normalized spacial score (nSPS) is 16.2. The Labute approximate surface area is 181 Å². The lowest BCUT2D eigenvalue weighted by Gasteiger charge is -2.32. The third-order valence-corrected chi connectivity index (χ3v) is 5.85. The van der Waals surface area contributed by atoms with E-state index >= 15 is 0 Å². The van der Waals surface area contributed by atoms with Crippen LogP contribution in [0.2, 0.25) is 0 Å². The molecule has 1 N–H and O–H groups in total. The molecular formula is C25H35N3O2. The van der Waals surface area contributed by atoms with Gasteiger partial charge in [-0.15, -0.1) is 0 Å². The van der Waals surface area contributed by atoms with Crippen LogP contribution in [0.4, 0.5) is 5.69 Å². The Morgan fingerprint density at radius 2 is 1.77 bits per heavy atom. The molecule has 1 amide bonds. The number of carbonyl (C=O) groups is 1. The molecule has 3 rings (SSSR count). The number of rotatable bonds is 9. The summed E-state index contributed by atoms with van der Waals surface area (Å²) in [5.41, 5.74) is 3.33. The summed E-state index contributed by atoms with van der Waals surface area (Å²) in [6, 6.07) is 16.3. The zero-order chi connectivity index (χ0) is 21.3. The van der Waals surface area contributed by atoms with Crippen molar-refractivity contribution in [1.82, 2.24) is 9.80 Å². The molecule has 5 nitrogen and oxygen atoms in total. The number of ether oxygens (including phenoxy) is 1. The summed E-state index contributed by atoms with van der Waals surface area (Å²) >= 11 is 0. The number of methoxy groups -OCH3 is 1. The average Bonchev–Trinajstić information content (AvgIpc) is 2.74. The molecule has 2 aromatic rings. The van der Waals surface area contributed by atoms with Gasteiger partial charge in [-0.2, -0.15) is 0 Å². The van der Waals surface area contributed by atoms with E-state index in [1.165, 1.54) is 5.56 Å². The third kappa shape index (κ3) is 6.85. The molecule has 1 saturated heterocycles. The fourth-order valence-corrected chi connectivity index (χ4v) is 3.96. The van der Waals surface area contributed by atoms with Gasteiger partial charge in [0.2, 0.25) is 5.91 Å². The van der Waals surface area contributed by atoms with Gasteiger partial charge in [-0.05, 0) is 55.1 Å². The second-order valence-corrected chi connectivity index (χ2v) is 8.47. The highest BCUT2D eigenvalue weighted by Crippen LogP contribution is 2.22. The SMILES string of the molecule is COc1ccccc1CC(C)CC(=O)Nc1ccc(CCN2CCN(C)CC2)cc1. The van der Waals surface area contributed by atoms with E-state index in [0.29, 0.717) is 6.42 Å². The highest BCUT2D eigenvalue weighted by Gasteiger charge is 2.14. The first-order valence-electron chi connectivity index (χ1n) is 10.9. The Kier molecular flexibility index (Phi) is 8.29. The first kappa shape index (κ1) is 22.3. The van der Waals surface area contributed by atoms with Crippen LogP contribution in [0.3, 0.4) is 0 Å². The number of benzene rings is 2. The monoisotopic (exact) mass is 409 g/mol. The van der Waals surface area contributed by atoms with E-state index in [4.69, 9.17) is 4.74 Å². The van der Waals surface area contributed by atoms with Gasteiger partial charge in [0.1, 0.15) is 5.75 Å². The summed E-state index contributed by atoms with van der Waals surface area (Å²) in [7, 11) is 3.87. The van der Waals surface area contributed by atoms with E-state index in [2.05, 4.69) is 47.3 Å². The van der Waals surface area contributed by atoms with E-state index < -0.39 is 0 Å². The fraction of sp³-hybridized carbons (Fsp3) is 0.480. The number of piperazine rings is 1. The van der Waals surface area contributed by atoms with Gasteiger partial charge < -0.3 is 19.9 Å². The number of para-hydroxylation sites is 1. The molecule has 1 heterocycles. The number of hydrogen-bond donors (Lipinski definition) is 1. The zero-order valence-corrected chi connectivity index (χ0v) is 18.6. The fourth-order valence-electron chi connectivity index (χ4n) is 3.96. The predicted octanol–water partition coefficient (Wildman–Crippen LogP) is 3.69. The number of nitrogens with zero attached hydrogens (tertiary/aromatic N) is 2. The maximum Gasteiger partial charge on any atom is 0.224 e. The van der Waals surface area contributed by atoms with E-state index in [0.717, 1.165) is 62.6 Å². The van der Waals surface area contributed by atoms with Crippen LogP contribution in [-0.4, -0.2) is 62.6 Å². The number of anilines is 1. The number of hydrogen-bond acceptors (Lipinski definition) is 4. The average molecular weight is 410 g/mol. The van der Waals surface area contributed by atoms with Crippen molar-refractivity contribution in [2.45, 2.75) is 26.2 Å². The highest BCUT2D eigenvalue weighted by atomic mass is 16.5. The van der Waals surface area contributed by atoms with Crippen LogP contribution in [0.5, 0.6) is 5.75 Å². The number of likely N-dealkylation sites (N-methyl/N-ethyl adjacent to an activating group) is 1. The summed E-state index contributed by atoms with van der Waals surface area (Å²) in [5.74, 6) is 1.18. The lowest BCUT2D eigenvalue weighted by Crippen LogP contribution is -2.45. The summed E-state index contributed by atoms with van der Waals surface area (Å²) in [4.78, 5) is 17.4. The van der Waals surface area contributed by atoms with Gasteiger partial charge in [0.05, 0.1) is 7.11 Å². The van der Waals surface area contributed by atoms with Crippen molar-refractivity contribution >= 4 is 11.6 Å². The van der Waals surface area contributed by atoms with Crippen molar-refractivity contribution in [2.75, 3.05) is 52.2 Å². The van der Waals surface area contributed by atoms with Crippen molar-refractivity contribution in [1.29, 1.82) is 0 Å². The molecule has 162 valence electrons. The molecule has 1 aliphatic rings. The van der Waals surface area contributed by atoms with Crippen molar-refractivity contribution < 1.29 is 9.53 Å². The van der Waals surface area contributed by atoms with Gasteiger partial charge in [-0.1, -0.05) is 37.3 Å². The predicted molar refractivity (Wildman–Crippen MR) is 123 cm³/mol. The topological polar surface area (TPSA) is 44.8 Å². The van der Waals surface area contributed by atoms with Crippen LogP contribution in [0, 0.1) is 5.92 Å². The Balaban J connectivity index is 1.42. The molecular weight excluding hydrogens is 374 g/mol. The summed E-state index contributed by atoms with van der Waals surface area (Å²) in [6.07, 6.45) is 2.36. The van der Waals surface area contributed by atoms with Crippen molar-refractivity contribution in [2.24, 2.45) is 5.92 Å². The second-order valence-electron chi connectivity index (χ2n) is 8.47. The Bertz CT molecular complexity index is 798. The van der Waals surface area contributed by atoms with E-state index in [9.17, 15) is 4.79 Å². The Morgan fingerprint density at radius 3 is 2.47 bits per heavy atom. The molecule has 0 aromatic heterocycles. The molecule has 1 fully saturated rings. The number of amides is 1. The first-order valence-corrected chi connectivity index (χ1v) is 10.9. The van der Waals surface area contributed by atoms with Crippen LogP contribution < -0.4 is 10.1 Å². The van der Waals surface area contributed by atoms with Crippen LogP contribution in [-0.2, 0) is 17.6 Å². The first-order chi connectivity index (χ1) is 14.5. The van der Waals surface area contributed by atoms with Gasteiger partial charge in [-0.25, -0.2) is 0 Å². The summed E-state index contributed by atoms with van der Waals surface area (Å²) < 4.78 is 5.42. The molecule has 2 aromatic carbocycles. The van der Waals surface area contributed by atoms with Crippen LogP contribution in [0.25, 0.3) is 0 Å². The Hall–Kier alpha value is -2.37. The molecule has 0 aliphatic carbocycles. The molecule has 5 heteroatoms. The van der Waals surface area contributed by atoms with Crippen molar-refractivity contribution in [3.8, 4) is 5.75 Å². The van der Waals surface area contributed by atoms with Crippen molar-refractivity contribution in [3.63, 3.8) is 0 Å². The lowest BCUT2D eigenvalue weighted by molar-refractivity contribution is -0.116. The molecule has 1 atom stereocenters. The van der Waals surface area contributed by atoms with E-state index in [1.807, 2.05) is 30.3 Å². The smallest absolute Gasteiger partial charge is 0.224 e. The van der Waals surface area contributed by atoms with Gasteiger partial charge in [0, 0.05) is 44.8 Å². The maximum absolute atomic E-state index is 12.5. The minimum atomic E-state index is 0.0579. The third-order valence-electron chi connectivity index (χ3n) is 5.85. The lowest BCUT2D eigenvalue weighted by atomic mass is 9.97. The maximum atomic E-state index is 12.5. The summed E-state index contributed by atoms with van der Waals surface area (Å²) in [5, 5.41) is 3.04. The van der Waals surface area contributed by atoms with Gasteiger partial charge in [0.15, 0.2) is 0 Å². The minimum Gasteiger partial charge on any atom is -0.496 e. The minimum absolute atomic E-state index is 0.0579. The van der Waals surface area contributed by atoms with Crippen LogP contribution >= 0.6 is 0 Å². The molecule has 1 aliphatic heterocycles. The largest absolute Gasteiger partial charge is 0.496 e. The van der Waals surface area contributed by atoms with Gasteiger partial charge in [-0.3, -0.25) is 4.79 Å². The number of carbonyl (C=O) groups excluding carboxylic acids is 1. The zero-order valence-electron chi connectivity index (χ0n) is 18.6. The molecule has 0 bridgehead atoms. The van der Waals surface area contributed by atoms with Gasteiger partial charge >= 0.3 is 0 Å². The van der Waals surface area contributed by atoms with Gasteiger partial charge in [0.25, 0.3) is 0 Å². The van der Waals surface area contributed by atoms with E-state index in [1.54, 1.807) is 7.11 Å². The molecule has 0 spiro atoms. The molecule has 30 heavy (non-hydrogen) atoms. The van der Waals surface area contributed by atoms with Crippen LogP contribution in [0.15, 0.2) is 48.5 Å². The number of nitrogens with one attached hydrogen (secondary N) is 1. The quantitative estimate of drug-likeness (QED) is 0.686. The van der Waals surface area contributed by atoms with E-state index in [-0.39, 0.29) is 11.8 Å². The molecule has 1 unspecified atom stereocenters. The highest BCUT2D eigenvalue weighted by molar-refractivity contribution is 5.90. The van der Waals surface area contributed by atoms with Crippen molar-refractivity contribution in [3.05, 3.63) is 59.7 Å². The Morgan fingerprint density at radius 1 is 1.07 bits per heavy atom. The summed E-state index contributed by atoms with van der Waals surface area (Å²) in [6.45, 7) is 7.81.